The minimum atomic E-state index is 0.115. The highest BCUT2D eigenvalue weighted by atomic mass is 16.5. The lowest BCUT2D eigenvalue weighted by atomic mass is 9.94. The molecule has 0 radical (unpaired) electrons. The zero-order valence-corrected chi connectivity index (χ0v) is 11.6. The third-order valence-corrected chi connectivity index (χ3v) is 4.15. The molecule has 1 aliphatic rings. The van der Waals surface area contributed by atoms with Crippen LogP contribution in [0.15, 0.2) is 24.3 Å². The third-order valence-electron chi connectivity index (χ3n) is 4.15. The molecule has 19 heavy (non-hydrogen) atoms. The van der Waals surface area contributed by atoms with Crippen molar-refractivity contribution in [1.29, 1.82) is 0 Å². The zero-order valence-electron chi connectivity index (χ0n) is 11.6. The number of fused-ring (bicyclic) bond motifs is 3. The van der Waals surface area contributed by atoms with Gasteiger partial charge in [-0.1, -0.05) is 6.07 Å². The summed E-state index contributed by atoms with van der Waals surface area (Å²) in [5.74, 6) is 0.843. The van der Waals surface area contributed by atoms with E-state index in [9.17, 15) is 4.79 Å². The molecule has 0 saturated carbocycles. The molecule has 0 N–H and O–H groups in total. The van der Waals surface area contributed by atoms with Crippen molar-refractivity contribution in [1.82, 2.24) is 0 Å². The van der Waals surface area contributed by atoms with Crippen LogP contribution in [0, 0.1) is 20.8 Å². The number of ketones is 1. The van der Waals surface area contributed by atoms with Gasteiger partial charge in [0.05, 0.1) is 7.11 Å². The Balaban J connectivity index is 2.34. The minimum absolute atomic E-state index is 0.115. The number of hydrogen-bond donors (Lipinski definition) is 0. The van der Waals surface area contributed by atoms with E-state index in [0.717, 1.165) is 33.6 Å². The molecule has 0 unspecified atom stereocenters. The lowest BCUT2D eigenvalue weighted by molar-refractivity contribution is 0.104. The summed E-state index contributed by atoms with van der Waals surface area (Å²) in [4.78, 5) is 12.6. The van der Waals surface area contributed by atoms with E-state index in [1.54, 1.807) is 7.11 Å². The number of carbonyl (C=O) groups excluding carboxylic acids is 1. The van der Waals surface area contributed by atoms with Gasteiger partial charge in [0.25, 0.3) is 0 Å². The van der Waals surface area contributed by atoms with Gasteiger partial charge in [0.1, 0.15) is 5.75 Å². The maximum atomic E-state index is 12.6. The highest BCUT2D eigenvalue weighted by molar-refractivity contribution is 6.22. The first kappa shape index (κ1) is 12.0. The maximum Gasteiger partial charge on any atom is 0.194 e. The second-order valence-corrected chi connectivity index (χ2v) is 5.11. The lowest BCUT2D eigenvalue weighted by Crippen LogP contribution is -2.01. The Morgan fingerprint density at radius 2 is 1.63 bits per heavy atom. The number of carbonyl (C=O) groups is 1. The molecule has 0 heterocycles. The Labute approximate surface area is 113 Å². The van der Waals surface area contributed by atoms with Crippen LogP contribution in [0.3, 0.4) is 0 Å². The molecule has 1 aliphatic carbocycles. The second kappa shape index (κ2) is 3.95. The summed E-state index contributed by atoms with van der Waals surface area (Å²) in [7, 11) is 1.62. The second-order valence-electron chi connectivity index (χ2n) is 5.11. The molecule has 0 bridgehead atoms. The molecule has 2 heteroatoms. The Morgan fingerprint density at radius 1 is 0.895 bits per heavy atom. The predicted octanol–water partition coefficient (Wildman–Crippen LogP) is 3.83. The molecule has 0 aromatic heterocycles. The minimum Gasteiger partial charge on any atom is -0.497 e. The summed E-state index contributed by atoms with van der Waals surface area (Å²) >= 11 is 0. The van der Waals surface area contributed by atoms with Crippen LogP contribution in [0.4, 0.5) is 0 Å². The van der Waals surface area contributed by atoms with Gasteiger partial charge in [-0.3, -0.25) is 4.79 Å². The fraction of sp³-hybridized carbons (Fsp3) is 0.235. The number of aryl methyl sites for hydroxylation is 1. The van der Waals surface area contributed by atoms with E-state index in [1.165, 1.54) is 11.1 Å². The monoisotopic (exact) mass is 252 g/mol. The van der Waals surface area contributed by atoms with Gasteiger partial charge in [0.15, 0.2) is 5.78 Å². The summed E-state index contributed by atoms with van der Waals surface area (Å²) < 4.78 is 5.21. The highest BCUT2D eigenvalue weighted by Gasteiger charge is 2.29. The number of methoxy groups -OCH3 is 1. The van der Waals surface area contributed by atoms with Crippen molar-refractivity contribution in [3.63, 3.8) is 0 Å². The Morgan fingerprint density at radius 3 is 2.32 bits per heavy atom. The van der Waals surface area contributed by atoms with Crippen LogP contribution in [-0.4, -0.2) is 12.9 Å². The van der Waals surface area contributed by atoms with Gasteiger partial charge in [0.2, 0.25) is 0 Å². The third kappa shape index (κ3) is 1.53. The van der Waals surface area contributed by atoms with E-state index in [4.69, 9.17) is 4.74 Å². The van der Waals surface area contributed by atoms with Gasteiger partial charge < -0.3 is 4.74 Å². The van der Waals surface area contributed by atoms with E-state index in [-0.39, 0.29) is 5.78 Å². The van der Waals surface area contributed by atoms with Crippen LogP contribution in [0.25, 0.3) is 11.1 Å². The van der Waals surface area contributed by atoms with Gasteiger partial charge in [-0.05, 0) is 66.8 Å². The maximum absolute atomic E-state index is 12.6. The van der Waals surface area contributed by atoms with Gasteiger partial charge in [-0.25, -0.2) is 0 Å². The van der Waals surface area contributed by atoms with Crippen molar-refractivity contribution in [2.24, 2.45) is 0 Å². The van der Waals surface area contributed by atoms with Gasteiger partial charge in [0, 0.05) is 11.1 Å². The Hall–Kier alpha value is -2.09. The summed E-state index contributed by atoms with van der Waals surface area (Å²) in [6.07, 6.45) is 0. The van der Waals surface area contributed by atoms with E-state index >= 15 is 0 Å². The average molecular weight is 252 g/mol. The standard InChI is InChI=1S/C17H16O2/c1-9-7-14-13-6-5-12(19-4)8-15(13)17(18)16(14)11(3)10(9)2/h5-8H,1-4H3. The molecule has 0 spiro atoms. The summed E-state index contributed by atoms with van der Waals surface area (Å²) in [6.45, 7) is 6.19. The summed E-state index contributed by atoms with van der Waals surface area (Å²) in [6, 6.07) is 7.84. The smallest absolute Gasteiger partial charge is 0.194 e. The molecule has 0 saturated heterocycles. The van der Waals surface area contributed by atoms with E-state index in [0.29, 0.717) is 0 Å². The van der Waals surface area contributed by atoms with Crippen molar-refractivity contribution in [3.05, 3.63) is 52.1 Å². The molecule has 2 nitrogen and oxygen atoms in total. The van der Waals surface area contributed by atoms with Gasteiger partial charge in [-0.15, -0.1) is 0 Å². The van der Waals surface area contributed by atoms with Crippen LogP contribution in [-0.2, 0) is 0 Å². The Bertz CT molecular complexity index is 712. The largest absolute Gasteiger partial charge is 0.497 e. The summed E-state index contributed by atoms with van der Waals surface area (Å²) in [5, 5.41) is 0. The van der Waals surface area contributed by atoms with Crippen molar-refractivity contribution < 1.29 is 9.53 Å². The molecular weight excluding hydrogens is 236 g/mol. The molecule has 0 atom stereocenters. The van der Waals surface area contributed by atoms with Crippen molar-refractivity contribution >= 4 is 5.78 Å². The van der Waals surface area contributed by atoms with Crippen LogP contribution in [0.5, 0.6) is 5.75 Å². The molecule has 96 valence electrons. The fourth-order valence-corrected chi connectivity index (χ4v) is 2.79. The van der Waals surface area contributed by atoms with E-state index in [2.05, 4.69) is 19.9 Å². The molecule has 0 fully saturated rings. The van der Waals surface area contributed by atoms with Gasteiger partial charge in [-0.2, -0.15) is 0 Å². The van der Waals surface area contributed by atoms with Crippen LogP contribution in [0.2, 0.25) is 0 Å². The van der Waals surface area contributed by atoms with E-state index in [1.807, 2.05) is 25.1 Å². The Kier molecular flexibility index (Phi) is 2.49. The highest BCUT2D eigenvalue weighted by Crippen LogP contribution is 2.41. The fourth-order valence-electron chi connectivity index (χ4n) is 2.79. The average Bonchev–Trinajstić information content (AvgIpc) is 2.69. The summed E-state index contributed by atoms with van der Waals surface area (Å²) in [5.41, 5.74) is 7.21. The molecule has 2 aromatic rings. The first-order valence-electron chi connectivity index (χ1n) is 6.38. The van der Waals surface area contributed by atoms with Crippen LogP contribution in [0.1, 0.15) is 32.6 Å². The van der Waals surface area contributed by atoms with Crippen molar-refractivity contribution in [2.45, 2.75) is 20.8 Å². The predicted molar refractivity (Wildman–Crippen MR) is 76.1 cm³/mol. The molecular formula is C17H16O2. The molecule has 0 amide bonds. The first-order valence-corrected chi connectivity index (χ1v) is 6.38. The van der Waals surface area contributed by atoms with E-state index < -0.39 is 0 Å². The molecule has 0 aliphatic heterocycles. The number of hydrogen-bond acceptors (Lipinski definition) is 2. The lowest BCUT2D eigenvalue weighted by Gasteiger charge is -2.10. The molecule has 3 rings (SSSR count). The number of benzene rings is 2. The number of rotatable bonds is 1. The van der Waals surface area contributed by atoms with Crippen molar-refractivity contribution in [2.75, 3.05) is 7.11 Å². The SMILES string of the molecule is COc1ccc2c(c1)C(=O)c1c-2cc(C)c(C)c1C. The first-order chi connectivity index (χ1) is 9.04. The molecule has 2 aromatic carbocycles. The van der Waals surface area contributed by atoms with Crippen molar-refractivity contribution in [3.8, 4) is 16.9 Å². The topological polar surface area (TPSA) is 26.3 Å². The van der Waals surface area contributed by atoms with Crippen LogP contribution >= 0.6 is 0 Å². The van der Waals surface area contributed by atoms with Gasteiger partial charge >= 0.3 is 0 Å². The normalized spacial score (nSPS) is 12.3. The zero-order chi connectivity index (χ0) is 13.7. The van der Waals surface area contributed by atoms with Crippen LogP contribution < -0.4 is 4.74 Å². The quantitative estimate of drug-likeness (QED) is 0.658. The number of ether oxygens (including phenoxy) is 1.